The minimum atomic E-state index is 0.431. The lowest BCUT2D eigenvalue weighted by Gasteiger charge is -2.20. The van der Waals surface area contributed by atoms with E-state index in [-0.39, 0.29) is 0 Å². The molecule has 0 amide bonds. The molecule has 1 aromatic rings. The molecule has 2 heterocycles. The number of benzene rings is 1. The van der Waals surface area contributed by atoms with Crippen LogP contribution in [0, 0.1) is 11.8 Å². The van der Waals surface area contributed by atoms with Gasteiger partial charge in [0.15, 0.2) is 0 Å². The van der Waals surface area contributed by atoms with Crippen molar-refractivity contribution < 1.29 is 0 Å². The summed E-state index contributed by atoms with van der Waals surface area (Å²) >= 11 is 0. The molecule has 0 aromatic heterocycles. The number of hydrogen-bond donors (Lipinski definition) is 3. The first kappa shape index (κ1) is 14.6. The van der Waals surface area contributed by atoms with E-state index >= 15 is 0 Å². The highest BCUT2D eigenvalue weighted by Crippen LogP contribution is 2.31. The van der Waals surface area contributed by atoms with Crippen molar-refractivity contribution in [2.24, 2.45) is 11.8 Å². The molecule has 4 nitrogen and oxygen atoms in total. The van der Waals surface area contributed by atoms with Crippen molar-refractivity contribution in [1.29, 1.82) is 0 Å². The van der Waals surface area contributed by atoms with Gasteiger partial charge in [-0.3, -0.25) is 5.43 Å². The van der Waals surface area contributed by atoms with Crippen LogP contribution < -0.4 is 16.2 Å². The molecule has 2 saturated heterocycles. The van der Waals surface area contributed by atoms with E-state index in [9.17, 15) is 0 Å². The third kappa shape index (κ3) is 3.35. The molecule has 4 heteroatoms. The summed E-state index contributed by atoms with van der Waals surface area (Å²) in [6.07, 6.45) is 4.27. The van der Waals surface area contributed by atoms with Crippen molar-refractivity contribution >= 4 is 0 Å². The molecule has 1 aliphatic carbocycles. The van der Waals surface area contributed by atoms with Crippen molar-refractivity contribution in [2.75, 3.05) is 32.7 Å². The Kier molecular flexibility index (Phi) is 4.44. The molecule has 4 rings (SSSR count). The summed E-state index contributed by atoms with van der Waals surface area (Å²) in [5.74, 6) is 1.49. The lowest BCUT2D eigenvalue weighted by atomic mass is 9.95. The zero-order valence-corrected chi connectivity index (χ0v) is 13.3. The number of nitrogens with one attached hydrogen (secondary N) is 3. The van der Waals surface area contributed by atoms with Gasteiger partial charge in [-0.25, -0.2) is 5.43 Å². The molecule has 3 atom stereocenters. The Bertz CT molecular complexity index is 473. The summed E-state index contributed by atoms with van der Waals surface area (Å²) in [5.41, 5.74) is 8.15. The average Bonchev–Trinajstić information content (AvgIpc) is 3.12. The maximum atomic E-state index is 3.74. The van der Waals surface area contributed by atoms with Crippen LogP contribution in [0.4, 0.5) is 0 Å². The van der Waals surface area contributed by atoms with Gasteiger partial charge in [0.2, 0.25) is 0 Å². The Morgan fingerprint density at radius 2 is 1.95 bits per heavy atom. The van der Waals surface area contributed by atoms with Gasteiger partial charge >= 0.3 is 0 Å². The third-order valence-corrected chi connectivity index (χ3v) is 5.47. The Hall–Kier alpha value is -0.940. The fourth-order valence-electron chi connectivity index (χ4n) is 4.01. The fourth-order valence-corrected chi connectivity index (χ4v) is 4.01. The van der Waals surface area contributed by atoms with Gasteiger partial charge in [0.1, 0.15) is 0 Å². The van der Waals surface area contributed by atoms with Crippen LogP contribution in [0.2, 0.25) is 0 Å². The Balaban J connectivity index is 1.23. The van der Waals surface area contributed by atoms with Gasteiger partial charge in [0.05, 0.1) is 6.04 Å². The van der Waals surface area contributed by atoms with Crippen LogP contribution in [-0.2, 0) is 0 Å². The molecule has 0 spiro atoms. The molecule has 3 aliphatic rings. The zero-order valence-electron chi connectivity index (χ0n) is 13.3. The van der Waals surface area contributed by atoms with Crippen LogP contribution in [0.3, 0.4) is 0 Å². The van der Waals surface area contributed by atoms with Gasteiger partial charge in [0, 0.05) is 31.6 Å². The summed E-state index contributed by atoms with van der Waals surface area (Å²) in [4.78, 5) is 2.71. The van der Waals surface area contributed by atoms with E-state index < -0.39 is 0 Å². The van der Waals surface area contributed by atoms with Crippen LogP contribution in [0.5, 0.6) is 0 Å². The van der Waals surface area contributed by atoms with Crippen molar-refractivity contribution in [2.45, 2.75) is 31.3 Å². The number of hydrazine groups is 1. The van der Waals surface area contributed by atoms with Gasteiger partial charge in [-0.15, -0.1) is 0 Å². The molecule has 3 unspecified atom stereocenters. The summed E-state index contributed by atoms with van der Waals surface area (Å²) in [6, 6.07) is 12.2. The maximum absolute atomic E-state index is 3.74. The lowest BCUT2D eigenvalue weighted by molar-refractivity contribution is 0.310. The number of nitrogens with zero attached hydrogens (tertiary/aromatic N) is 1. The first-order chi connectivity index (χ1) is 10.9. The van der Waals surface area contributed by atoms with Gasteiger partial charge in [0.25, 0.3) is 0 Å². The summed E-state index contributed by atoms with van der Waals surface area (Å²) in [5, 5.41) is 3.74. The number of likely N-dealkylation sites (tertiary alicyclic amines) is 1. The molecule has 0 bridgehead atoms. The highest BCUT2D eigenvalue weighted by Gasteiger charge is 2.34. The molecule has 22 heavy (non-hydrogen) atoms. The van der Waals surface area contributed by atoms with Crippen molar-refractivity contribution in [3.63, 3.8) is 0 Å². The molecule has 1 aromatic carbocycles. The number of rotatable bonds is 6. The summed E-state index contributed by atoms with van der Waals surface area (Å²) < 4.78 is 0. The van der Waals surface area contributed by atoms with Gasteiger partial charge in [-0.2, -0.15) is 0 Å². The predicted octanol–water partition coefficient (Wildman–Crippen LogP) is 1.53. The molecule has 2 aliphatic heterocycles. The smallest absolute Gasteiger partial charge is 0.0515 e. The maximum Gasteiger partial charge on any atom is 0.0515 e. The normalized spacial score (nSPS) is 32.6. The van der Waals surface area contributed by atoms with E-state index in [4.69, 9.17) is 0 Å². The van der Waals surface area contributed by atoms with Crippen molar-refractivity contribution in [1.82, 2.24) is 21.1 Å². The van der Waals surface area contributed by atoms with Gasteiger partial charge < -0.3 is 10.2 Å². The molecular formula is C18H28N4. The quantitative estimate of drug-likeness (QED) is 0.745. The second-order valence-electron chi connectivity index (χ2n) is 7.21. The van der Waals surface area contributed by atoms with E-state index in [1.54, 1.807) is 0 Å². The Morgan fingerprint density at radius 1 is 1.09 bits per heavy atom. The molecule has 1 saturated carbocycles. The van der Waals surface area contributed by atoms with E-state index in [2.05, 4.69) is 51.4 Å². The molecular weight excluding hydrogens is 272 g/mol. The standard InChI is InChI=1S/C18H28N4/c1-2-4-15(5-3-1)18-16(12-20-21-18)11-19-10-14-8-9-22(13-14)17-6-7-17/h1-5,14,16-21H,6-13H2. The molecule has 0 radical (unpaired) electrons. The predicted molar refractivity (Wildman–Crippen MR) is 89.4 cm³/mol. The first-order valence-electron chi connectivity index (χ1n) is 8.88. The Morgan fingerprint density at radius 3 is 2.77 bits per heavy atom. The van der Waals surface area contributed by atoms with Crippen LogP contribution in [0.25, 0.3) is 0 Å². The van der Waals surface area contributed by atoms with E-state index in [0.717, 1.165) is 25.0 Å². The highest BCUT2D eigenvalue weighted by atomic mass is 15.4. The highest BCUT2D eigenvalue weighted by molar-refractivity contribution is 5.20. The average molecular weight is 300 g/mol. The summed E-state index contributed by atoms with van der Waals surface area (Å²) in [6.45, 7) is 5.98. The second kappa shape index (κ2) is 6.67. The van der Waals surface area contributed by atoms with Crippen molar-refractivity contribution in [3.05, 3.63) is 35.9 Å². The fraction of sp³-hybridized carbons (Fsp3) is 0.667. The molecule has 3 fully saturated rings. The largest absolute Gasteiger partial charge is 0.316 e. The number of hydrogen-bond acceptors (Lipinski definition) is 4. The monoisotopic (exact) mass is 300 g/mol. The molecule has 3 N–H and O–H groups in total. The van der Waals surface area contributed by atoms with Crippen LogP contribution in [0.15, 0.2) is 30.3 Å². The second-order valence-corrected chi connectivity index (χ2v) is 7.21. The zero-order chi connectivity index (χ0) is 14.8. The van der Waals surface area contributed by atoms with Crippen LogP contribution >= 0.6 is 0 Å². The third-order valence-electron chi connectivity index (χ3n) is 5.47. The van der Waals surface area contributed by atoms with Crippen LogP contribution in [0.1, 0.15) is 30.9 Å². The SMILES string of the molecule is c1ccc(C2NNCC2CNCC2CCN(C3CC3)C2)cc1. The van der Waals surface area contributed by atoms with E-state index in [1.165, 1.54) is 44.5 Å². The minimum Gasteiger partial charge on any atom is -0.316 e. The van der Waals surface area contributed by atoms with Gasteiger partial charge in [-0.05, 0) is 43.8 Å². The van der Waals surface area contributed by atoms with E-state index in [1.807, 2.05) is 0 Å². The molecule has 120 valence electrons. The van der Waals surface area contributed by atoms with E-state index in [0.29, 0.717) is 12.0 Å². The summed E-state index contributed by atoms with van der Waals surface area (Å²) in [7, 11) is 0. The lowest BCUT2D eigenvalue weighted by Crippen LogP contribution is -2.33. The van der Waals surface area contributed by atoms with Crippen LogP contribution in [-0.4, -0.2) is 43.7 Å². The van der Waals surface area contributed by atoms with Crippen molar-refractivity contribution in [3.8, 4) is 0 Å². The minimum absolute atomic E-state index is 0.431. The van der Waals surface area contributed by atoms with Gasteiger partial charge in [-0.1, -0.05) is 30.3 Å². The first-order valence-corrected chi connectivity index (χ1v) is 8.88. The Labute approximate surface area is 133 Å². The topological polar surface area (TPSA) is 39.3 Å².